The normalized spacial score (nSPS) is 13.2. The van der Waals surface area contributed by atoms with Gasteiger partial charge in [0, 0.05) is 30.1 Å². The molecule has 2 heterocycles. The quantitative estimate of drug-likeness (QED) is 0.626. The lowest BCUT2D eigenvalue weighted by Gasteiger charge is -2.12. The maximum atomic E-state index is 12.8. The second kappa shape index (κ2) is 8.60. The molecule has 2 N–H and O–H groups in total. The highest BCUT2D eigenvalue weighted by Gasteiger charge is 2.19. The van der Waals surface area contributed by atoms with E-state index in [1.54, 1.807) is 37.3 Å². The number of amides is 1. The molecule has 31 heavy (non-hydrogen) atoms. The fourth-order valence-electron chi connectivity index (χ4n) is 2.85. The number of aryl methyl sites for hydroxylation is 1. The van der Waals surface area contributed by atoms with E-state index in [1.165, 1.54) is 24.5 Å². The van der Waals surface area contributed by atoms with Crippen molar-refractivity contribution in [3.8, 4) is 11.5 Å². The first kappa shape index (κ1) is 20.6. The van der Waals surface area contributed by atoms with Crippen molar-refractivity contribution in [3.63, 3.8) is 0 Å². The van der Waals surface area contributed by atoms with E-state index < -0.39 is 15.9 Å². The molecular weight excluding hydrogens is 420 g/mol. The van der Waals surface area contributed by atoms with Crippen LogP contribution in [0.2, 0.25) is 0 Å². The molecule has 1 amide bonds. The summed E-state index contributed by atoms with van der Waals surface area (Å²) in [5.74, 6) is 0.514. The summed E-state index contributed by atoms with van der Waals surface area (Å²) in [5.41, 5.74) is 1.73. The van der Waals surface area contributed by atoms with E-state index in [0.29, 0.717) is 41.8 Å². The molecule has 4 rings (SSSR count). The van der Waals surface area contributed by atoms with Gasteiger partial charge >= 0.3 is 0 Å². The first-order valence-electron chi connectivity index (χ1n) is 9.53. The van der Waals surface area contributed by atoms with Gasteiger partial charge in [0.05, 0.1) is 30.0 Å². The molecule has 0 saturated carbocycles. The second-order valence-corrected chi connectivity index (χ2v) is 8.52. The fourth-order valence-corrected chi connectivity index (χ4v) is 3.93. The third-order valence-corrected chi connectivity index (χ3v) is 5.82. The first-order chi connectivity index (χ1) is 14.9. The molecule has 1 aliphatic heterocycles. The van der Waals surface area contributed by atoms with Crippen molar-refractivity contribution in [1.82, 2.24) is 9.97 Å². The summed E-state index contributed by atoms with van der Waals surface area (Å²) in [4.78, 5) is 20.3. The number of sulfonamides is 1. The maximum absolute atomic E-state index is 12.8. The van der Waals surface area contributed by atoms with E-state index in [2.05, 4.69) is 20.0 Å². The number of carbonyl (C=O) groups is 1. The molecule has 2 aromatic carbocycles. The number of hydrogen-bond donors (Lipinski definition) is 2. The predicted molar refractivity (Wildman–Crippen MR) is 114 cm³/mol. The molecule has 0 radical (unpaired) electrons. The molecule has 3 aromatic rings. The van der Waals surface area contributed by atoms with Crippen LogP contribution in [0.3, 0.4) is 0 Å². The molecule has 160 valence electrons. The first-order valence-corrected chi connectivity index (χ1v) is 11.0. The van der Waals surface area contributed by atoms with Gasteiger partial charge in [0.2, 0.25) is 0 Å². The van der Waals surface area contributed by atoms with Crippen molar-refractivity contribution in [3.05, 3.63) is 66.2 Å². The number of hydrogen-bond acceptors (Lipinski definition) is 7. The minimum atomic E-state index is -3.83. The Bertz CT molecular complexity index is 1200. The number of anilines is 2. The molecule has 1 aliphatic rings. The zero-order valence-corrected chi connectivity index (χ0v) is 17.5. The Morgan fingerprint density at radius 1 is 0.935 bits per heavy atom. The van der Waals surface area contributed by atoms with E-state index in [9.17, 15) is 13.2 Å². The van der Waals surface area contributed by atoms with Crippen LogP contribution in [-0.4, -0.2) is 37.5 Å². The van der Waals surface area contributed by atoms with Crippen molar-refractivity contribution in [1.29, 1.82) is 0 Å². The average Bonchev–Trinajstić information content (AvgIpc) is 3.00. The molecule has 0 saturated heterocycles. The highest BCUT2D eigenvalue weighted by Crippen LogP contribution is 2.32. The van der Waals surface area contributed by atoms with Gasteiger partial charge in [-0.25, -0.2) is 13.4 Å². The van der Waals surface area contributed by atoms with Crippen LogP contribution in [0.5, 0.6) is 11.5 Å². The van der Waals surface area contributed by atoms with Crippen LogP contribution in [0.25, 0.3) is 0 Å². The summed E-state index contributed by atoms with van der Waals surface area (Å²) in [6.45, 7) is 2.77. The number of rotatable bonds is 5. The van der Waals surface area contributed by atoms with Crippen molar-refractivity contribution in [2.75, 3.05) is 23.3 Å². The van der Waals surface area contributed by atoms with Gasteiger partial charge in [-0.3, -0.25) is 14.5 Å². The average molecular weight is 440 g/mol. The van der Waals surface area contributed by atoms with E-state index in [4.69, 9.17) is 9.47 Å². The summed E-state index contributed by atoms with van der Waals surface area (Å²) in [6, 6.07) is 10.8. The lowest BCUT2D eigenvalue weighted by molar-refractivity contribution is 0.102. The molecule has 0 fully saturated rings. The Balaban J connectivity index is 1.45. The Morgan fingerprint density at radius 3 is 2.35 bits per heavy atom. The lowest BCUT2D eigenvalue weighted by Crippen LogP contribution is -2.15. The zero-order valence-electron chi connectivity index (χ0n) is 16.7. The summed E-state index contributed by atoms with van der Waals surface area (Å²) in [6.07, 6.45) is 3.63. The van der Waals surface area contributed by atoms with Crippen molar-refractivity contribution in [2.45, 2.75) is 18.2 Å². The molecule has 0 unspecified atom stereocenters. The number of nitrogens with zero attached hydrogens (tertiary/aromatic N) is 2. The minimum absolute atomic E-state index is 0.0621. The second-order valence-electron chi connectivity index (χ2n) is 6.84. The van der Waals surface area contributed by atoms with E-state index >= 15 is 0 Å². The van der Waals surface area contributed by atoms with Gasteiger partial charge in [0.25, 0.3) is 15.9 Å². The maximum Gasteiger partial charge on any atom is 0.275 e. The van der Waals surface area contributed by atoms with E-state index in [-0.39, 0.29) is 10.6 Å². The van der Waals surface area contributed by atoms with Gasteiger partial charge in [0.15, 0.2) is 11.5 Å². The summed E-state index contributed by atoms with van der Waals surface area (Å²) >= 11 is 0. The summed E-state index contributed by atoms with van der Waals surface area (Å²) in [5, 5.41) is 2.69. The standard InChI is InChI=1S/C21H20N4O5S/c1-14-12-23-18(13-22-14)21(26)24-15-3-5-16(6-4-15)25-31(27,28)17-7-8-19-20(11-17)30-10-2-9-29-19/h3-8,11-13,25H,2,9-10H2,1H3,(H,24,26). The number of nitrogens with one attached hydrogen (secondary N) is 2. The molecule has 0 bridgehead atoms. The minimum Gasteiger partial charge on any atom is -0.490 e. The van der Waals surface area contributed by atoms with Crippen molar-refractivity contribution < 1.29 is 22.7 Å². The van der Waals surface area contributed by atoms with E-state index in [0.717, 1.165) is 6.42 Å². The van der Waals surface area contributed by atoms with Crippen molar-refractivity contribution >= 4 is 27.3 Å². The smallest absolute Gasteiger partial charge is 0.275 e. The van der Waals surface area contributed by atoms with Crippen LogP contribution in [0, 0.1) is 6.92 Å². The highest BCUT2D eigenvalue weighted by atomic mass is 32.2. The third kappa shape index (κ3) is 4.92. The van der Waals surface area contributed by atoms with Gasteiger partial charge in [-0.05, 0) is 43.3 Å². The van der Waals surface area contributed by atoms with Crippen LogP contribution in [0.15, 0.2) is 59.8 Å². The van der Waals surface area contributed by atoms with Gasteiger partial charge in [0.1, 0.15) is 5.69 Å². The SMILES string of the molecule is Cc1cnc(C(=O)Nc2ccc(NS(=O)(=O)c3ccc4c(c3)OCCCO4)cc2)cn1. The van der Waals surface area contributed by atoms with Gasteiger partial charge in [-0.2, -0.15) is 0 Å². The Kier molecular flexibility index (Phi) is 5.72. The predicted octanol–water partition coefficient (Wildman–Crippen LogP) is 3.00. The van der Waals surface area contributed by atoms with Crippen LogP contribution in [0.4, 0.5) is 11.4 Å². The molecule has 0 atom stereocenters. The molecular formula is C21H20N4O5S. The molecule has 9 nitrogen and oxygen atoms in total. The monoisotopic (exact) mass is 440 g/mol. The van der Waals surface area contributed by atoms with E-state index in [1.807, 2.05) is 0 Å². The van der Waals surface area contributed by atoms with Gasteiger partial charge in [-0.15, -0.1) is 0 Å². The number of fused-ring (bicyclic) bond motifs is 1. The fraction of sp³-hybridized carbons (Fsp3) is 0.190. The third-order valence-electron chi connectivity index (χ3n) is 4.44. The zero-order chi connectivity index (χ0) is 21.8. The molecule has 1 aromatic heterocycles. The largest absolute Gasteiger partial charge is 0.490 e. The number of carbonyl (C=O) groups excluding carboxylic acids is 1. The number of aromatic nitrogens is 2. The van der Waals surface area contributed by atoms with Gasteiger partial charge in [-0.1, -0.05) is 0 Å². The van der Waals surface area contributed by atoms with Gasteiger partial charge < -0.3 is 14.8 Å². The van der Waals surface area contributed by atoms with Crippen molar-refractivity contribution in [2.24, 2.45) is 0 Å². The topological polar surface area (TPSA) is 120 Å². The van der Waals surface area contributed by atoms with Crippen LogP contribution in [0.1, 0.15) is 22.6 Å². The lowest BCUT2D eigenvalue weighted by atomic mass is 10.3. The molecule has 10 heteroatoms. The Morgan fingerprint density at radius 2 is 1.65 bits per heavy atom. The summed E-state index contributed by atoms with van der Waals surface area (Å²) in [7, 11) is -3.83. The Labute approximate surface area is 179 Å². The number of benzene rings is 2. The van der Waals surface area contributed by atoms with Crippen LogP contribution in [-0.2, 0) is 10.0 Å². The molecule has 0 spiro atoms. The Hall–Kier alpha value is -3.66. The summed E-state index contributed by atoms with van der Waals surface area (Å²) < 4.78 is 39.1. The van der Waals surface area contributed by atoms with Crippen LogP contribution >= 0.6 is 0 Å². The molecule has 0 aliphatic carbocycles. The number of ether oxygens (including phenoxy) is 2. The highest BCUT2D eigenvalue weighted by molar-refractivity contribution is 7.92. The van der Waals surface area contributed by atoms with Crippen LogP contribution < -0.4 is 19.5 Å².